The Morgan fingerprint density at radius 2 is 1.90 bits per heavy atom. The van der Waals surface area contributed by atoms with Gasteiger partial charge in [0, 0.05) is 10.0 Å². The van der Waals surface area contributed by atoms with Crippen LogP contribution in [0.1, 0.15) is 16.9 Å². The first kappa shape index (κ1) is 21.9. The molecule has 2 heterocycles. The SMILES string of the molecule is O=C1/C(=C/c2ccc(Br)cc2)S/C(=N\N=C\c2cccc(Cl)c2Cl)N1Cc1ccco1. The molecule has 9 heteroatoms. The molecule has 0 atom stereocenters. The molecule has 1 aromatic heterocycles. The highest BCUT2D eigenvalue weighted by Crippen LogP contribution is 2.34. The van der Waals surface area contributed by atoms with E-state index in [1.807, 2.05) is 30.3 Å². The summed E-state index contributed by atoms with van der Waals surface area (Å²) >= 11 is 16.9. The summed E-state index contributed by atoms with van der Waals surface area (Å²) in [4.78, 5) is 15.1. The van der Waals surface area contributed by atoms with Crippen LogP contribution in [0.5, 0.6) is 0 Å². The van der Waals surface area contributed by atoms with E-state index < -0.39 is 0 Å². The molecule has 0 spiro atoms. The van der Waals surface area contributed by atoms with E-state index >= 15 is 0 Å². The summed E-state index contributed by atoms with van der Waals surface area (Å²) in [7, 11) is 0. The fourth-order valence-corrected chi connectivity index (χ4v) is 4.31. The van der Waals surface area contributed by atoms with Gasteiger partial charge in [-0.05, 0) is 53.7 Å². The molecule has 1 fully saturated rings. The van der Waals surface area contributed by atoms with Crippen molar-refractivity contribution in [1.82, 2.24) is 4.90 Å². The number of hydrogen-bond donors (Lipinski definition) is 0. The topological polar surface area (TPSA) is 58.2 Å². The van der Waals surface area contributed by atoms with Gasteiger partial charge in [0.25, 0.3) is 5.91 Å². The van der Waals surface area contributed by atoms with Crippen molar-refractivity contribution < 1.29 is 9.21 Å². The normalized spacial score (nSPS) is 16.9. The first-order valence-corrected chi connectivity index (χ1v) is 11.4. The molecule has 0 aliphatic carbocycles. The van der Waals surface area contributed by atoms with Crippen LogP contribution < -0.4 is 0 Å². The summed E-state index contributed by atoms with van der Waals surface area (Å²) in [6.45, 7) is 0.253. The second-order valence-corrected chi connectivity index (χ2v) is 9.11. The van der Waals surface area contributed by atoms with Gasteiger partial charge in [-0.2, -0.15) is 5.10 Å². The van der Waals surface area contributed by atoms with Gasteiger partial charge in [-0.1, -0.05) is 63.4 Å². The molecule has 1 aliphatic rings. The maximum atomic E-state index is 13.1. The molecule has 5 nitrogen and oxygen atoms in total. The number of furan rings is 1. The molecule has 1 saturated heterocycles. The highest BCUT2D eigenvalue weighted by Gasteiger charge is 2.34. The molecule has 1 aliphatic heterocycles. The molecular formula is C22H14BrCl2N3O2S. The van der Waals surface area contributed by atoms with Crippen LogP contribution in [-0.4, -0.2) is 22.2 Å². The zero-order chi connectivity index (χ0) is 21.8. The van der Waals surface area contributed by atoms with Gasteiger partial charge in [0.05, 0.1) is 34.0 Å². The number of thioether (sulfide) groups is 1. The lowest BCUT2D eigenvalue weighted by Crippen LogP contribution is -2.28. The van der Waals surface area contributed by atoms with Crippen molar-refractivity contribution in [1.29, 1.82) is 0 Å². The Hall–Kier alpha value is -2.32. The smallest absolute Gasteiger partial charge is 0.267 e. The van der Waals surface area contributed by atoms with Crippen molar-refractivity contribution in [2.75, 3.05) is 0 Å². The van der Waals surface area contributed by atoms with Gasteiger partial charge in [0.15, 0.2) is 5.17 Å². The molecule has 31 heavy (non-hydrogen) atoms. The number of hydrogen-bond acceptors (Lipinski definition) is 5. The highest BCUT2D eigenvalue weighted by atomic mass is 79.9. The monoisotopic (exact) mass is 533 g/mol. The van der Waals surface area contributed by atoms with Gasteiger partial charge in [0.1, 0.15) is 5.76 Å². The van der Waals surface area contributed by atoms with Crippen LogP contribution in [0.15, 0.2) is 84.9 Å². The summed E-state index contributed by atoms with van der Waals surface area (Å²) in [6, 6.07) is 16.5. The van der Waals surface area contributed by atoms with Crippen LogP contribution in [0.25, 0.3) is 6.08 Å². The zero-order valence-corrected chi connectivity index (χ0v) is 19.7. The van der Waals surface area contributed by atoms with Crippen molar-refractivity contribution >= 4 is 74.3 Å². The number of halogens is 3. The summed E-state index contributed by atoms with van der Waals surface area (Å²) in [5.74, 6) is 0.479. The minimum absolute atomic E-state index is 0.168. The van der Waals surface area contributed by atoms with Crippen molar-refractivity contribution in [2.45, 2.75) is 6.54 Å². The summed E-state index contributed by atoms with van der Waals surface area (Å²) in [5, 5.41) is 9.68. The quantitative estimate of drug-likeness (QED) is 0.204. The second kappa shape index (κ2) is 9.87. The van der Waals surface area contributed by atoms with E-state index in [0.29, 0.717) is 31.4 Å². The van der Waals surface area contributed by atoms with Crippen LogP contribution in [0.3, 0.4) is 0 Å². The van der Waals surface area contributed by atoms with E-state index in [2.05, 4.69) is 26.1 Å². The lowest BCUT2D eigenvalue weighted by molar-refractivity contribution is -0.122. The highest BCUT2D eigenvalue weighted by molar-refractivity contribution is 9.10. The first-order chi connectivity index (χ1) is 15.0. The Labute approximate surface area is 201 Å². The summed E-state index contributed by atoms with van der Waals surface area (Å²) < 4.78 is 6.38. The average Bonchev–Trinajstić information content (AvgIpc) is 3.37. The number of amidine groups is 1. The van der Waals surface area contributed by atoms with E-state index in [0.717, 1.165) is 10.0 Å². The van der Waals surface area contributed by atoms with Crippen LogP contribution in [0, 0.1) is 0 Å². The second-order valence-electron chi connectivity index (χ2n) is 6.40. The lowest BCUT2D eigenvalue weighted by Gasteiger charge is -2.12. The third-order valence-electron chi connectivity index (χ3n) is 4.27. The summed E-state index contributed by atoms with van der Waals surface area (Å²) in [5.41, 5.74) is 1.54. The maximum absolute atomic E-state index is 13.1. The number of carbonyl (C=O) groups is 1. The summed E-state index contributed by atoms with van der Waals surface area (Å²) in [6.07, 6.45) is 4.90. The van der Waals surface area contributed by atoms with Crippen LogP contribution in [-0.2, 0) is 11.3 Å². The third kappa shape index (κ3) is 5.30. The predicted molar refractivity (Wildman–Crippen MR) is 130 cm³/mol. The van der Waals surface area contributed by atoms with E-state index in [-0.39, 0.29) is 12.5 Å². The molecule has 0 bridgehead atoms. The van der Waals surface area contributed by atoms with Gasteiger partial charge >= 0.3 is 0 Å². The van der Waals surface area contributed by atoms with Crippen molar-refractivity contribution in [3.63, 3.8) is 0 Å². The van der Waals surface area contributed by atoms with Crippen LogP contribution in [0.2, 0.25) is 10.0 Å². The standard InChI is InChI=1S/C22H14BrCl2N3O2S/c23-16-8-6-14(7-9-16)11-19-21(29)28(13-17-4-2-10-30-17)22(31-19)27-26-12-15-3-1-5-18(24)20(15)25/h1-12H,13H2/b19-11-,26-12+,27-22-. The number of nitrogens with zero attached hydrogens (tertiary/aromatic N) is 3. The molecule has 0 radical (unpaired) electrons. The van der Waals surface area contributed by atoms with E-state index in [9.17, 15) is 4.79 Å². The Balaban J connectivity index is 1.63. The molecule has 0 unspecified atom stereocenters. The predicted octanol–water partition coefficient (Wildman–Crippen LogP) is 6.86. The third-order valence-corrected chi connectivity index (χ3v) is 6.63. The van der Waals surface area contributed by atoms with Crippen molar-refractivity contribution in [3.8, 4) is 0 Å². The number of benzene rings is 2. The first-order valence-electron chi connectivity index (χ1n) is 9.05. The minimum atomic E-state index is -0.168. The van der Waals surface area contributed by atoms with Gasteiger partial charge in [0.2, 0.25) is 0 Å². The molecule has 1 amide bonds. The molecule has 3 aromatic rings. The number of carbonyl (C=O) groups excluding carboxylic acids is 1. The van der Waals surface area contributed by atoms with Gasteiger partial charge in [-0.25, -0.2) is 0 Å². The molecule has 2 aromatic carbocycles. The Bertz CT molecular complexity index is 1190. The van der Waals surface area contributed by atoms with Crippen molar-refractivity contribution in [3.05, 3.63) is 97.2 Å². The molecular weight excluding hydrogens is 521 g/mol. The van der Waals surface area contributed by atoms with Crippen LogP contribution in [0.4, 0.5) is 0 Å². The lowest BCUT2D eigenvalue weighted by atomic mass is 10.2. The van der Waals surface area contributed by atoms with Gasteiger partial charge in [-0.15, -0.1) is 5.10 Å². The van der Waals surface area contributed by atoms with Crippen molar-refractivity contribution in [2.24, 2.45) is 10.2 Å². The van der Waals surface area contributed by atoms with E-state index in [1.54, 1.807) is 36.6 Å². The Morgan fingerprint density at radius 3 is 2.65 bits per heavy atom. The molecule has 0 N–H and O–H groups in total. The van der Waals surface area contributed by atoms with Gasteiger partial charge < -0.3 is 4.42 Å². The maximum Gasteiger partial charge on any atom is 0.267 e. The fourth-order valence-electron chi connectivity index (χ4n) is 2.75. The van der Waals surface area contributed by atoms with Gasteiger partial charge in [-0.3, -0.25) is 9.69 Å². The largest absolute Gasteiger partial charge is 0.467 e. The minimum Gasteiger partial charge on any atom is -0.467 e. The van der Waals surface area contributed by atoms with Crippen LogP contribution >= 0.6 is 50.9 Å². The number of amides is 1. The zero-order valence-electron chi connectivity index (χ0n) is 15.8. The van der Waals surface area contributed by atoms with E-state index in [1.165, 1.54) is 22.9 Å². The Morgan fingerprint density at radius 1 is 1.10 bits per heavy atom. The molecule has 0 saturated carbocycles. The van der Waals surface area contributed by atoms with E-state index in [4.69, 9.17) is 27.6 Å². The Kier molecular flexibility index (Phi) is 6.97. The molecule has 156 valence electrons. The average molecular weight is 535 g/mol. The number of rotatable bonds is 5. The molecule has 4 rings (SSSR count). The fraction of sp³-hybridized carbons (Fsp3) is 0.0455.